The lowest BCUT2D eigenvalue weighted by molar-refractivity contribution is 0.173. The molecule has 17 heavy (non-hydrogen) atoms. The molecule has 7 heteroatoms. The van der Waals surface area contributed by atoms with Crippen LogP contribution in [-0.4, -0.2) is 38.9 Å². The van der Waals surface area contributed by atoms with E-state index in [1.807, 2.05) is 0 Å². The number of rotatable bonds is 8. The summed E-state index contributed by atoms with van der Waals surface area (Å²) in [5.74, 6) is 0. The number of hydrogen-bond donors (Lipinski definition) is 2. The molecule has 0 radical (unpaired) electrons. The van der Waals surface area contributed by atoms with Gasteiger partial charge in [0.1, 0.15) is 5.25 Å². The van der Waals surface area contributed by atoms with E-state index in [-0.39, 0.29) is 10.4 Å². The number of thiocarbonyl (C=S) groups is 1. The van der Waals surface area contributed by atoms with Crippen molar-refractivity contribution in [3.63, 3.8) is 0 Å². The highest BCUT2D eigenvalue weighted by Crippen LogP contribution is 2.48. The van der Waals surface area contributed by atoms with Gasteiger partial charge in [0.2, 0.25) is 10.0 Å². The molecule has 0 aromatic carbocycles. The second-order valence-electron chi connectivity index (χ2n) is 4.65. The summed E-state index contributed by atoms with van der Waals surface area (Å²) < 4.78 is 31.2. The lowest BCUT2D eigenvalue weighted by Gasteiger charge is -2.18. The topological polar surface area (TPSA) is 81.4 Å². The molecular weight excluding hydrogens is 260 g/mol. The van der Waals surface area contributed by atoms with E-state index in [4.69, 9.17) is 22.7 Å². The Kier molecular flexibility index (Phi) is 4.88. The number of nitrogens with two attached hydrogens (primary N) is 1. The molecule has 0 amide bonds. The Morgan fingerprint density at radius 3 is 2.59 bits per heavy atom. The lowest BCUT2D eigenvalue weighted by atomic mass is 10.0. The van der Waals surface area contributed by atoms with Gasteiger partial charge in [-0.25, -0.2) is 13.1 Å². The molecule has 3 N–H and O–H groups in total. The highest BCUT2D eigenvalue weighted by Gasteiger charge is 2.43. The molecule has 5 nitrogen and oxygen atoms in total. The van der Waals surface area contributed by atoms with Gasteiger partial charge < -0.3 is 10.5 Å². The van der Waals surface area contributed by atoms with Crippen LogP contribution in [0.4, 0.5) is 0 Å². The van der Waals surface area contributed by atoms with Crippen LogP contribution < -0.4 is 10.5 Å². The van der Waals surface area contributed by atoms with Crippen LogP contribution in [-0.2, 0) is 14.8 Å². The minimum atomic E-state index is -3.43. The van der Waals surface area contributed by atoms with E-state index in [2.05, 4.69) is 4.72 Å². The Labute approximate surface area is 108 Å². The normalized spacial score (nSPS) is 19.9. The van der Waals surface area contributed by atoms with Gasteiger partial charge in [0.25, 0.3) is 0 Å². The van der Waals surface area contributed by atoms with Crippen molar-refractivity contribution in [2.45, 2.75) is 31.4 Å². The van der Waals surface area contributed by atoms with Crippen molar-refractivity contribution in [2.75, 3.05) is 20.3 Å². The molecule has 1 rings (SSSR count). The van der Waals surface area contributed by atoms with Gasteiger partial charge in [-0.2, -0.15) is 0 Å². The predicted octanol–water partition coefficient (Wildman–Crippen LogP) is 0.397. The molecule has 0 aromatic rings. The first-order valence-electron chi connectivity index (χ1n) is 5.60. The SMILES string of the molecule is COCCC1(CNS(=O)(=O)C(C)C(N)=S)CC1. The van der Waals surface area contributed by atoms with E-state index in [1.165, 1.54) is 6.92 Å². The standard InChI is InChI=1S/C10H20N2O3S2/c1-8(9(11)16)17(13,14)12-7-10(3-4-10)5-6-15-2/h8,12H,3-7H2,1-2H3,(H2,11,16). The van der Waals surface area contributed by atoms with Crippen LogP contribution in [0.25, 0.3) is 0 Å². The summed E-state index contributed by atoms with van der Waals surface area (Å²) in [5.41, 5.74) is 5.43. The van der Waals surface area contributed by atoms with Gasteiger partial charge in [-0.3, -0.25) is 0 Å². The first-order valence-corrected chi connectivity index (χ1v) is 7.55. The second-order valence-corrected chi connectivity index (χ2v) is 7.21. The van der Waals surface area contributed by atoms with E-state index in [9.17, 15) is 8.42 Å². The summed E-state index contributed by atoms with van der Waals surface area (Å²) in [5, 5.41) is -0.823. The van der Waals surface area contributed by atoms with E-state index < -0.39 is 15.3 Å². The third kappa shape index (κ3) is 4.17. The third-order valence-corrected chi connectivity index (χ3v) is 5.54. The fraction of sp³-hybridized carbons (Fsp3) is 0.900. The van der Waals surface area contributed by atoms with Crippen molar-refractivity contribution in [3.8, 4) is 0 Å². The second kappa shape index (κ2) is 5.60. The zero-order valence-electron chi connectivity index (χ0n) is 10.2. The van der Waals surface area contributed by atoms with E-state index in [0.717, 1.165) is 19.3 Å². The summed E-state index contributed by atoms with van der Waals surface area (Å²) in [4.78, 5) is -0.000705. The molecule has 1 aliphatic rings. The van der Waals surface area contributed by atoms with Crippen LogP contribution >= 0.6 is 12.2 Å². The molecule has 1 fully saturated rings. The maximum Gasteiger partial charge on any atom is 0.220 e. The van der Waals surface area contributed by atoms with Crippen LogP contribution in [0.2, 0.25) is 0 Å². The fourth-order valence-corrected chi connectivity index (χ4v) is 2.99. The molecule has 0 bridgehead atoms. The first-order chi connectivity index (χ1) is 7.83. The van der Waals surface area contributed by atoms with Gasteiger partial charge in [-0.1, -0.05) is 12.2 Å². The summed E-state index contributed by atoms with van der Waals surface area (Å²) in [6.07, 6.45) is 2.97. The van der Waals surface area contributed by atoms with Crippen molar-refractivity contribution in [1.29, 1.82) is 0 Å². The highest BCUT2D eigenvalue weighted by molar-refractivity contribution is 7.93. The maximum atomic E-state index is 11.8. The Morgan fingerprint density at radius 2 is 2.18 bits per heavy atom. The maximum absolute atomic E-state index is 11.8. The molecule has 0 heterocycles. The molecule has 1 saturated carbocycles. The third-order valence-electron chi connectivity index (χ3n) is 3.31. The molecule has 0 aromatic heterocycles. The predicted molar refractivity (Wildman–Crippen MR) is 71.3 cm³/mol. The van der Waals surface area contributed by atoms with Crippen LogP contribution in [0, 0.1) is 5.41 Å². The van der Waals surface area contributed by atoms with Crippen LogP contribution in [0.1, 0.15) is 26.2 Å². The molecule has 0 aliphatic heterocycles. The molecule has 0 spiro atoms. The zero-order chi connectivity index (χ0) is 13.1. The number of nitrogens with one attached hydrogen (secondary N) is 1. The van der Waals surface area contributed by atoms with Crippen LogP contribution in [0.15, 0.2) is 0 Å². The van der Waals surface area contributed by atoms with E-state index in [0.29, 0.717) is 13.2 Å². The van der Waals surface area contributed by atoms with Gasteiger partial charge in [-0.05, 0) is 31.6 Å². The average molecular weight is 280 g/mol. The fourth-order valence-electron chi connectivity index (χ4n) is 1.54. The summed E-state index contributed by atoms with van der Waals surface area (Å²) in [6.45, 7) is 2.61. The highest BCUT2D eigenvalue weighted by atomic mass is 32.2. The minimum Gasteiger partial charge on any atom is -0.392 e. The largest absolute Gasteiger partial charge is 0.392 e. The average Bonchev–Trinajstić information content (AvgIpc) is 3.03. The van der Waals surface area contributed by atoms with Crippen molar-refractivity contribution >= 4 is 27.2 Å². The van der Waals surface area contributed by atoms with Crippen molar-refractivity contribution in [2.24, 2.45) is 11.1 Å². The summed E-state index contributed by atoms with van der Waals surface area (Å²) in [6, 6.07) is 0. The smallest absolute Gasteiger partial charge is 0.220 e. The Balaban J connectivity index is 2.48. The van der Waals surface area contributed by atoms with Gasteiger partial charge in [0.05, 0.1) is 4.99 Å². The molecular formula is C10H20N2O3S2. The van der Waals surface area contributed by atoms with Crippen LogP contribution in [0.3, 0.4) is 0 Å². The minimum absolute atomic E-state index is 0.000705. The Bertz CT molecular complexity index is 377. The molecule has 1 atom stereocenters. The van der Waals surface area contributed by atoms with Gasteiger partial charge in [0.15, 0.2) is 0 Å². The Morgan fingerprint density at radius 1 is 1.59 bits per heavy atom. The molecule has 1 aliphatic carbocycles. The first kappa shape index (κ1) is 14.8. The van der Waals surface area contributed by atoms with E-state index >= 15 is 0 Å². The van der Waals surface area contributed by atoms with Crippen LogP contribution in [0.5, 0.6) is 0 Å². The number of hydrogen-bond acceptors (Lipinski definition) is 4. The van der Waals surface area contributed by atoms with Gasteiger partial charge in [0, 0.05) is 20.3 Å². The molecule has 100 valence electrons. The van der Waals surface area contributed by atoms with Crippen molar-refractivity contribution in [1.82, 2.24) is 4.72 Å². The quantitative estimate of drug-likeness (QED) is 0.629. The molecule has 1 unspecified atom stereocenters. The van der Waals surface area contributed by atoms with Gasteiger partial charge >= 0.3 is 0 Å². The molecule has 0 saturated heterocycles. The lowest BCUT2D eigenvalue weighted by Crippen LogP contribution is -2.42. The number of methoxy groups -OCH3 is 1. The van der Waals surface area contributed by atoms with Gasteiger partial charge in [-0.15, -0.1) is 0 Å². The number of ether oxygens (including phenoxy) is 1. The summed E-state index contributed by atoms with van der Waals surface area (Å²) in [7, 11) is -1.79. The van der Waals surface area contributed by atoms with Crippen molar-refractivity contribution in [3.05, 3.63) is 0 Å². The Hall–Kier alpha value is -0.240. The monoisotopic (exact) mass is 280 g/mol. The van der Waals surface area contributed by atoms with E-state index in [1.54, 1.807) is 7.11 Å². The van der Waals surface area contributed by atoms with Crippen molar-refractivity contribution < 1.29 is 13.2 Å². The number of sulfonamides is 1. The zero-order valence-corrected chi connectivity index (χ0v) is 11.9. The summed E-state index contributed by atoms with van der Waals surface area (Å²) >= 11 is 4.70.